The molecule has 0 saturated carbocycles. The van der Waals surface area contributed by atoms with Gasteiger partial charge < -0.3 is 19.9 Å². The fourth-order valence-corrected chi connectivity index (χ4v) is 4.37. The lowest BCUT2D eigenvalue weighted by atomic mass is 10.3. The van der Waals surface area contributed by atoms with Gasteiger partial charge in [0.05, 0.1) is 27.5 Å². The lowest BCUT2D eigenvalue weighted by molar-refractivity contribution is 0.208. The summed E-state index contributed by atoms with van der Waals surface area (Å²) in [6, 6.07) is 13.1. The van der Waals surface area contributed by atoms with Gasteiger partial charge in [0.15, 0.2) is 5.13 Å². The molecule has 1 aliphatic heterocycles. The molecule has 146 valence electrons. The number of carbonyl (C=O) groups excluding carboxylic acids is 1. The van der Waals surface area contributed by atoms with Gasteiger partial charge in [-0.1, -0.05) is 35.1 Å². The van der Waals surface area contributed by atoms with Crippen molar-refractivity contribution in [2.24, 2.45) is 0 Å². The van der Waals surface area contributed by atoms with Crippen molar-refractivity contribution in [1.29, 1.82) is 0 Å². The molecule has 0 aliphatic carbocycles. The van der Waals surface area contributed by atoms with E-state index in [9.17, 15) is 4.79 Å². The first-order valence-electron chi connectivity index (χ1n) is 9.23. The smallest absolute Gasteiger partial charge is 0.322 e. The van der Waals surface area contributed by atoms with Crippen LogP contribution in [0.15, 0.2) is 42.5 Å². The van der Waals surface area contributed by atoms with Crippen molar-refractivity contribution in [3.05, 3.63) is 47.5 Å². The van der Waals surface area contributed by atoms with Crippen molar-refractivity contribution in [2.45, 2.75) is 6.92 Å². The van der Waals surface area contributed by atoms with E-state index in [1.54, 1.807) is 28.4 Å². The Morgan fingerprint density at radius 1 is 1.21 bits per heavy atom. The number of rotatable bonds is 4. The number of benzene rings is 2. The minimum atomic E-state index is -0.126. The Balaban J connectivity index is 1.39. The molecule has 0 spiro atoms. The molecule has 2 aromatic carbocycles. The van der Waals surface area contributed by atoms with Gasteiger partial charge in [-0.3, -0.25) is 0 Å². The predicted molar refractivity (Wildman–Crippen MR) is 115 cm³/mol. The van der Waals surface area contributed by atoms with E-state index in [-0.39, 0.29) is 6.03 Å². The highest BCUT2D eigenvalue weighted by Gasteiger charge is 2.23. The van der Waals surface area contributed by atoms with E-state index in [1.165, 1.54) is 0 Å². The standard InChI is InChI=1S/C20H21ClN4O2S/c1-2-27-14-7-8-17-18(13-14)28-20(23-17)25-11-9-24(10-12-25)19(26)22-16-6-4-3-5-15(16)21/h3-8,13H,2,9-12H2,1H3,(H,22,26). The van der Waals surface area contributed by atoms with Crippen molar-refractivity contribution in [2.75, 3.05) is 43.0 Å². The van der Waals surface area contributed by atoms with Crippen LogP contribution >= 0.6 is 22.9 Å². The minimum Gasteiger partial charge on any atom is -0.494 e. The molecule has 2 amide bonds. The Morgan fingerprint density at radius 2 is 2.00 bits per heavy atom. The summed E-state index contributed by atoms with van der Waals surface area (Å²) in [7, 11) is 0. The molecule has 0 bridgehead atoms. The van der Waals surface area contributed by atoms with Gasteiger partial charge >= 0.3 is 6.03 Å². The third-order valence-electron chi connectivity index (χ3n) is 4.61. The second-order valence-electron chi connectivity index (χ2n) is 6.44. The number of hydrogen-bond acceptors (Lipinski definition) is 5. The summed E-state index contributed by atoms with van der Waals surface area (Å²) in [4.78, 5) is 21.3. The zero-order valence-electron chi connectivity index (χ0n) is 15.5. The number of anilines is 2. The third-order valence-corrected chi connectivity index (χ3v) is 6.02. The fourth-order valence-electron chi connectivity index (χ4n) is 3.14. The molecule has 1 N–H and O–H groups in total. The van der Waals surface area contributed by atoms with E-state index >= 15 is 0 Å². The Kier molecular flexibility index (Phi) is 5.54. The number of nitrogens with zero attached hydrogens (tertiary/aromatic N) is 3. The number of para-hydroxylation sites is 1. The van der Waals surface area contributed by atoms with Crippen LogP contribution in [-0.4, -0.2) is 48.7 Å². The molecule has 0 atom stereocenters. The number of piperazine rings is 1. The first kappa shape index (κ1) is 18.8. The average Bonchev–Trinajstić information content (AvgIpc) is 3.13. The molecule has 1 fully saturated rings. The summed E-state index contributed by atoms with van der Waals surface area (Å²) >= 11 is 7.78. The van der Waals surface area contributed by atoms with Crippen LogP contribution in [0.5, 0.6) is 5.75 Å². The van der Waals surface area contributed by atoms with Gasteiger partial charge in [0.25, 0.3) is 0 Å². The van der Waals surface area contributed by atoms with Gasteiger partial charge in [-0.05, 0) is 37.3 Å². The van der Waals surface area contributed by atoms with Crippen molar-refractivity contribution in [3.63, 3.8) is 0 Å². The lowest BCUT2D eigenvalue weighted by Gasteiger charge is -2.34. The molecule has 1 aromatic heterocycles. The molecular formula is C20H21ClN4O2S. The van der Waals surface area contributed by atoms with Gasteiger partial charge in [-0.15, -0.1) is 0 Å². The summed E-state index contributed by atoms with van der Waals surface area (Å²) in [6.07, 6.45) is 0. The molecule has 3 aromatic rings. The molecule has 28 heavy (non-hydrogen) atoms. The van der Waals surface area contributed by atoms with Gasteiger partial charge in [-0.25, -0.2) is 9.78 Å². The number of ether oxygens (including phenoxy) is 1. The highest BCUT2D eigenvalue weighted by Crippen LogP contribution is 2.32. The number of aromatic nitrogens is 1. The van der Waals surface area contributed by atoms with Crippen LogP contribution in [-0.2, 0) is 0 Å². The highest BCUT2D eigenvalue weighted by atomic mass is 35.5. The Labute approximate surface area is 172 Å². The Morgan fingerprint density at radius 3 is 2.75 bits per heavy atom. The minimum absolute atomic E-state index is 0.126. The Hall–Kier alpha value is -2.51. The molecule has 4 rings (SSSR count). The van der Waals surface area contributed by atoms with Crippen LogP contribution in [0, 0.1) is 0 Å². The number of amides is 2. The molecule has 6 nitrogen and oxygen atoms in total. The molecule has 1 saturated heterocycles. The van der Waals surface area contributed by atoms with Crippen LogP contribution in [0.4, 0.5) is 15.6 Å². The van der Waals surface area contributed by atoms with E-state index in [4.69, 9.17) is 21.3 Å². The van der Waals surface area contributed by atoms with Gasteiger partial charge in [-0.2, -0.15) is 0 Å². The van der Waals surface area contributed by atoms with Crippen LogP contribution in [0.2, 0.25) is 5.02 Å². The Bertz CT molecular complexity index is 985. The number of thiazole rings is 1. The van der Waals surface area contributed by atoms with Crippen LogP contribution in [0.3, 0.4) is 0 Å². The van der Waals surface area contributed by atoms with E-state index in [2.05, 4.69) is 10.2 Å². The zero-order chi connectivity index (χ0) is 19.5. The molecule has 8 heteroatoms. The molecule has 0 radical (unpaired) electrons. The second-order valence-corrected chi connectivity index (χ2v) is 7.86. The van der Waals surface area contributed by atoms with Crippen molar-refractivity contribution in [3.8, 4) is 5.75 Å². The number of carbonyl (C=O) groups is 1. The monoisotopic (exact) mass is 416 g/mol. The van der Waals surface area contributed by atoms with E-state index < -0.39 is 0 Å². The average molecular weight is 417 g/mol. The van der Waals surface area contributed by atoms with Crippen molar-refractivity contribution < 1.29 is 9.53 Å². The number of nitrogens with one attached hydrogen (secondary N) is 1. The van der Waals surface area contributed by atoms with Crippen LogP contribution in [0.25, 0.3) is 10.2 Å². The third kappa shape index (κ3) is 4.00. The SMILES string of the molecule is CCOc1ccc2nc(N3CCN(C(=O)Nc4ccccc4Cl)CC3)sc2c1. The van der Waals surface area contributed by atoms with E-state index in [1.807, 2.05) is 37.3 Å². The molecular weight excluding hydrogens is 396 g/mol. The second kappa shape index (κ2) is 8.24. The number of fused-ring (bicyclic) bond motifs is 1. The molecule has 1 aliphatic rings. The number of urea groups is 1. The molecule has 2 heterocycles. The van der Waals surface area contributed by atoms with Crippen molar-refractivity contribution in [1.82, 2.24) is 9.88 Å². The topological polar surface area (TPSA) is 57.7 Å². The summed E-state index contributed by atoms with van der Waals surface area (Å²) < 4.78 is 6.68. The number of halogens is 1. The summed E-state index contributed by atoms with van der Waals surface area (Å²) in [5.74, 6) is 0.867. The first-order valence-corrected chi connectivity index (χ1v) is 10.4. The maximum atomic E-state index is 12.5. The quantitative estimate of drug-likeness (QED) is 0.669. The normalized spacial score (nSPS) is 14.4. The van der Waals surface area contributed by atoms with Crippen LogP contribution < -0.4 is 15.0 Å². The summed E-state index contributed by atoms with van der Waals surface area (Å²) in [5, 5.41) is 4.40. The largest absolute Gasteiger partial charge is 0.494 e. The fraction of sp³-hybridized carbons (Fsp3) is 0.300. The molecule has 0 unspecified atom stereocenters. The highest BCUT2D eigenvalue weighted by molar-refractivity contribution is 7.22. The summed E-state index contributed by atoms with van der Waals surface area (Å²) in [6.45, 7) is 5.38. The van der Waals surface area contributed by atoms with Gasteiger partial charge in [0.2, 0.25) is 0 Å². The van der Waals surface area contributed by atoms with Gasteiger partial charge in [0.1, 0.15) is 5.75 Å². The predicted octanol–water partition coefficient (Wildman–Crippen LogP) is 4.70. The van der Waals surface area contributed by atoms with Crippen molar-refractivity contribution >= 4 is 50.0 Å². The van der Waals surface area contributed by atoms with E-state index in [0.717, 1.165) is 34.2 Å². The maximum Gasteiger partial charge on any atom is 0.322 e. The van der Waals surface area contributed by atoms with E-state index in [0.29, 0.717) is 30.4 Å². The van der Waals surface area contributed by atoms with Gasteiger partial charge in [0, 0.05) is 26.2 Å². The number of hydrogen-bond donors (Lipinski definition) is 1. The lowest BCUT2D eigenvalue weighted by Crippen LogP contribution is -2.50. The van der Waals surface area contributed by atoms with Crippen LogP contribution in [0.1, 0.15) is 6.92 Å². The first-order chi connectivity index (χ1) is 13.6. The summed E-state index contributed by atoms with van der Waals surface area (Å²) in [5.41, 5.74) is 1.61. The zero-order valence-corrected chi connectivity index (χ0v) is 17.1. The maximum absolute atomic E-state index is 12.5.